The average molecular weight is 510 g/mol. The van der Waals surface area contributed by atoms with Crippen LogP contribution in [-0.2, 0) is 22.7 Å². The van der Waals surface area contributed by atoms with Gasteiger partial charge in [-0.3, -0.25) is 0 Å². The van der Waals surface area contributed by atoms with Gasteiger partial charge in [-0.25, -0.2) is 0 Å². The molecule has 1 N–H and O–H groups in total. The zero-order chi connectivity index (χ0) is 26.1. The largest absolute Gasteiger partial charge is 0.489 e. The van der Waals surface area contributed by atoms with Gasteiger partial charge >= 0.3 is 18.2 Å². The predicted molar refractivity (Wildman–Crippen MR) is 121 cm³/mol. The van der Waals surface area contributed by atoms with Crippen LogP contribution in [0.25, 0.3) is 0 Å². The molecule has 0 aliphatic heterocycles. The second kappa shape index (κ2) is 12.9. The van der Waals surface area contributed by atoms with Crippen LogP contribution in [0.15, 0.2) is 95.9 Å². The zero-order valence-electron chi connectivity index (χ0n) is 19.1. The standard InChI is InChI=1S/C26H23F5O5/c1-16(24(27)28)35-20-6-2-17(3-7-20)14-33-22-10-19(13-32)11-23(12-22)34-15-18-4-8-21(9-5-18)36-26(31)25(29)30/h2-9,11-12,22,32H,10,13-15H2,1H3. The molecule has 1 unspecified atom stereocenters. The van der Waals surface area contributed by atoms with E-state index in [0.29, 0.717) is 23.3 Å². The van der Waals surface area contributed by atoms with Crippen LogP contribution in [0.3, 0.4) is 0 Å². The second-order valence-electron chi connectivity index (χ2n) is 7.71. The lowest BCUT2D eigenvalue weighted by molar-refractivity contribution is 0.0641. The number of aliphatic hydroxyl groups is 1. The Bertz CT molecular complexity index is 1150. The van der Waals surface area contributed by atoms with Crippen LogP contribution >= 0.6 is 0 Å². The van der Waals surface area contributed by atoms with Gasteiger partial charge in [0.05, 0.1) is 19.3 Å². The van der Waals surface area contributed by atoms with Crippen molar-refractivity contribution < 1.29 is 46.0 Å². The van der Waals surface area contributed by atoms with Crippen molar-refractivity contribution in [3.63, 3.8) is 0 Å². The first-order valence-corrected chi connectivity index (χ1v) is 10.8. The summed E-state index contributed by atoms with van der Waals surface area (Å²) in [6.07, 6.45) is -0.889. The maximum absolute atomic E-state index is 12.9. The van der Waals surface area contributed by atoms with Gasteiger partial charge < -0.3 is 24.1 Å². The molecule has 1 atom stereocenters. The monoisotopic (exact) mass is 510 g/mol. The molecule has 3 rings (SSSR count). The van der Waals surface area contributed by atoms with Crippen LogP contribution < -0.4 is 9.47 Å². The van der Waals surface area contributed by atoms with Crippen molar-refractivity contribution in [2.75, 3.05) is 6.61 Å². The lowest BCUT2D eigenvalue weighted by Gasteiger charge is -2.22. The van der Waals surface area contributed by atoms with Crippen LogP contribution in [0.4, 0.5) is 22.0 Å². The minimum Gasteiger partial charge on any atom is -0.489 e. The molecular weight excluding hydrogens is 487 g/mol. The fourth-order valence-electron chi connectivity index (χ4n) is 3.15. The van der Waals surface area contributed by atoms with E-state index in [4.69, 9.17) is 14.2 Å². The third-order valence-corrected chi connectivity index (χ3v) is 4.97. The van der Waals surface area contributed by atoms with Gasteiger partial charge in [0, 0.05) is 6.42 Å². The van der Waals surface area contributed by atoms with Crippen molar-refractivity contribution in [3.8, 4) is 11.5 Å². The summed E-state index contributed by atoms with van der Waals surface area (Å²) < 4.78 is 83.3. The Balaban J connectivity index is 1.55. The van der Waals surface area contributed by atoms with Crippen LogP contribution in [0, 0.1) is 0 Å². The van der Waals surface area contributed by atoms with Crippen LogP contribution in [0.5, 0.6) is 11.5 Å². The molecule has 0 fully saturated rings. The predicted octanol–water partition coefficient (Wildman–Crippen LogP) is 6.92. The molecule has 0 radical (unpaired) electrons. The summed E-state index contributed by atoms with van der Waals surface area (Å²) in [7, 11) is 0. The molecule has 1 aliphatic carbocycles. The Morgan fingerprint density at radius 2 is 1.42 bits per heavy atom. The quantitative estimate of drug-likeness (QED) is 0.263. The van der Waals surface area contributed by atoms with Crippen molar-refractivity contribution >= 4 is 0 Å². The van der Waals surface area contributed by atoms with Crippen molar-refractivity contribution in [2.45, 2.75) is 32.7 Å². The SMILES string of the molecule is CC(Oc1ccc(COC2C=C(OCc3ccc(OC(F)=C(F)F)cc3)C=C(CO)C2)cc1)=C(F)F. The van der Waals surface area contributed by atoms with E-state index in [0.717, 1.165) is 5.56 Å². The fourth-order valence-corrected chi connectivity index (χ4v) is 3.15. The smallest absolute Gasteiger partial charge is 0.344 e. The van der Waals surface area contributed by atoms with Gasteiger partial charge in [0.2, 0.25) is 0 Å². The Morgan fingerprint density at radius 3 is 1.97 bits per heavy atom. The number of benzene rings is 2. The summed E-state index contributed by atoms with van der Waals surface area (Å²) in [6, 6.07) is 10.3. The number of hydrogen-bond acceptors (Lipinski definition) is 5. The second-order valence-corrected chi connectivity index (χ2v) is 7.71. The average Bonchev–Trinajstić information content (AvgIpc) is 2.87. The zero-order valence-corrected chi connectivity index (χ0v) is 19.1. The maximum atomic E-state index is 12.9. The van der Waals surface area contributed by atoms with Gasteiger partial charge in [-0.15, -0.1) is 0 Å². The van der Waals surface area contributed by atoms with Crippen LogP contribution in [-0.4, -0.2) is 17.8 Å². The van der Waals surface area contributed by atoms with Gasteiger partial charge in [0.1, 0.15) is 23.9 Å². The summed E-state index contributed by atoms with van der Waals surface area (Å²) in [5.41, 5.74) is 2.17. The lowest BCUT2D eigenvalue weighted by atomic mass is 10.0. The molecule has 36 heavy (non-hydrogen) atoms. The molecule has 0 heterocycles. The van der Waals surface area contributed by atoms with Crippen molar-refractivity contribution in [2.24, 2.45) is 0 Å². The molecule has 10 heteroatoms. The minimum absolute atomic E-state index is 0.0855. The molecule has 0 amide bonds. The topological polar surface area (TPSA) is 57.2 Å². The molecule has 2 aromatic rings. The van der Waals surface area contributed by atoms with Crippen molar-refractivity contribution in [3.05, 3.63) is 107 Å². The molecule has 1 aliphatic rings. The number of hydrogen-bond donors (Lipinski definition) is 1. The van der Waals surface area contributed by atoms with E-state index in [1.165, 1.54) is 19.1 Å². The van der Waals surface area contributed by atoms with Crippen LogP contribution in [0.2, 0.25) is 0 Å². The summed E-state index contributed by atoms with van der Waals surface area (Å²) in [5, 5.41) is 9.60. The third kappa shape index (κ3) is 8.24. The Kier molecular flexibility index (Phi) is 9.66. The number of ether oxygens (including phenoxy) is 4. The first-order chi connectivity index (χ1) is 17.2. The Morgan fingerprint density at radius 1 is 0.833 bits per heavy atom. The number of allylic oxidation sites excluding steroid dienone is 2. The van der Waals surface area contributed by atoms with E-state index >= 15 is 0 Å². The molecule has 0 saturated heterocycles. The van der Waals surface area contributed by atoms with Crippen molar-refractivity contribution in [1.29, 1.82) is 0 Å². The summed E-state index contributed by atoms with van der Waals surface area (Å²) in [5.74, 6) is 0.198. The highest BCUT2D eigenvalue weighted by atomic mass is 19.3. The maximum Gasteiger partial charge on any atom is 0.344 e. The van der Waals surface area contributed by atoms with Gasteiger partial charge in [-0.05, 0) is 60.0 Å². The molecule has 5 nitrogen and oxygen atoms in total. The van der Waals surface area contributed by atoms with E-state index in [9.17, 15) is 27.1 Å². The van der Waals surface area contributed by atoms with Gasteiger partial charge in [-0.2, -0.15) is 22.0 Å². The van der Waals surface area contributed by atoms with E-state index in [-0.39, 0.29) is 37.4 Å². The normalized spacial score (nSPS) is 14.9. The molecule has 0 spiro atoms. The van der Waals surface area contributed by atoms with Gasteiger partial charge in [-0.1, -0.05) is 24.3 Å². The van der Waals surface area contributed by atoms with E-state index in [2.05, 4.69) is 4.74 Å². The molecule has 0 aromatic heterocycles. The number of aliphatic hydroxyl groups excluding tert-OH is 1. The Hall–Kier alpha value is -3.63. The first kappa shape index (κ1) is 27.0. The van der Waals surface area contributed by atoms with E-state index in [1.807, 2.05) is 0 Å². The van der Waals surface area contributed by atoms with Gasteiger partial charge in [0.15, 0.2) is 5.76 Å². The van der Waals surface area contributed by atoms with Crippen LogP contribution in [0.1, 0.15) is 24.5 Å². The fraction of sp³-hybridized carbons (Fsp3) is 0.231. The minimum atomic E-state index is -2.54. The molecule has 0 bridgehead atoms. The molecule has 192 valence electrons. The van der Waals surface area contributed by atoms with Gasteiger partial charge in [0.25, 0.3) is 0 Å². The van der Waals surface area contributed by atoms with Crippen molar-refractivity contribution in [1.82, 2.24) is 0 Å². The summed E-state index contributed by atoms with van der Waals surface area (Å²) in [4.78, 5) is 0. The van der Waals surface area contributed by atoms with E-state index < -0.39 is 23.9 Å². The highest BCUT2D eigenvalue weighted by Crippen LogP contribution is 2.25. The Labute approximate surface area is 204 Å². The number of halogens is 5. The summed E-state index contributed by atoms with van der Waals surface area (Å²) in [6.45, 7) is 1.35. The highest BCUT2D eigenvalue weighted by molar-refractivity contribution is 5.31. The molecule has 2 aromatic carbocycles. The summed E-state index contributed by atoms with van der Waals surface area (Å²) >= 11 is 0. The third-order valence-electron chi connectivity index (χ3n) is 4.97. The lowest BCUT2D eigenvalue weighted by Crippen LogP contribution is -2.17. The number of rotatable bonds is 11. The molecule has 0 saturated carbocycles. The molecular formula is C26H23F5O5. The highest BCUT2D eigenvalue weighted by Gasteiger charge is 2.17. The first-order valence-electron chi connectivity index (χ1n) is 10.8. The van der Waals surface area contributed by atoms with E-state index in [1.54, 1.807) is 48.6 Å².